The SMILES string of the molecule is CNC(Cc1ccc(Oc2ccc(O)cc2)cc1)C(C)=O. The number of carbonyl (C=O) groups excluding carboxylic acids is 1. The van der Waals surface area contributed by atoms with Gasteiger partial charge in [0.25, 0.3) is 0 Å². The summed E-state index contributed by atoms with van der Waals surface area (Å²) in [5, 5.41) is 12.2. The molecule has 2 N–H and O–H groups in total. The van der Waals surface area contributed by atoms with Crippen molar-refractivity contribution < 1.29 is 14.6 Å². The number of ether oxygens (including phenoxy) is 1. The minimum atomic E-state index is -0.158. The summed E-state index contributed by atoms with van der Waals surface area (Å²) in [5.74, 6) is 1.72. The Balaban J connectivity index is 2.01. The molecule has 110 valence electrons. The van der Waals surface area contributed by atoms with E-state index in [4.69, 9.17) is 4.74 Å². The molecular formula is C17H19NO3. The molecule has 0 aliphatic heterocycles. The van der Waals surface area contributed by atoms with Gasteiger partial charge in [-0.15, -0.1) is 0 Å². The summed E-state index contributed by atoms with van der Waals surface area (Å²) in [6.45, 7) is 1.59. The van der Waals surface area contributed by atoms with E-state index in [-0.39, 0.29) is 17.6 Å². The van der Waals surface area contributed by atoms with Gasteiger partial charge in [-0.05, 0) is 62.4 Å². The third-order valence-corrected chi connectivity index (χ3v) is 3.27. The Morgan fingerprint density at radius 3 is 2.10 bits per heavy atom. The van der Waals surface area contributed by atoms with Crippen molar-refractivity contribution in [3.8, 4) is 17.2 Å². The number of Topliss-reactive ketones (excluding diaryl/α,β-unsaturated/α-hetero) is 1. The maximum atomic E-state index is 11.4. The highest BCUT2D eigenvalue weighted by Gasteiger charge is 2.12. The average Bonchev–Trinajstić information content (AvgIpc) is 2.48. The minimum Gasteiger partial charge on any atom is -0.508 e. The van der Waals surface area contributed by atoms with Crippen LogP contribution in [0, 0.1) is 0 Å². The van der Waals surface area contributed by atoms with Crippen LogP contribution in [-0.4, -0.2) is 24.0 Å². The Morgan fingerprint density at radius 1 is 1.10 bits per heavy atom. The van der Waals surface area contributed by atoms with Crippen LogP contribution in [0.1, 0.15) is 12.5 Å². The second-order valence-electron chi connectivity index (χ2n) is 4.90. The lowest BCUT2D eigenvalue weighted by molar-refractivity contribution is -0.118. The molecular weight excluding hydrogens is 266 g/mol. The van der Waals surface area contributed by atoms with E-state index in [1.807, 2.05) is 24.3 Å². The lowest BCUT2D eigenvalue weighted by Crippen LogP contribution is -2.34. The van der Waals surface area contributed by atoms with Gasteiger partial charge in [-0.25, -0.2) is 0 Å². The Bertz CT molecular complexity index is 590. The smallest absolute Gasteiger partial charge is 0.147 e. The molecule has 0 aromatic heterocycles. The van der Waals surface area contributed by atoms with Crippen molar-refractivity contribution in [3.63, 3.8) is 0 Å². The highest BCUT2D eigenvalue weighted by atomic mass is 16.5. The van der Waals surface area contributed by atoms with Gasteiger partial charge in [0.15, 0.2) is 0 Å². The molecule has 0 heterocycles. The van der Waals surface area contributed by atoms with Gasteiger partial charge in [-0.1, -0.05) is 12.1 Å². The first-order valence-electron chi connectivity index (χ1n) is 6.82. The van der Waals surface area contributed by atoms with Crippen LogP contribution in [-0.2, 0) is 11.2 Å². The van der Waals surface area contributed by atoms with E-state index in [1.165, 1.54) is 0 Å². The molecule has 0 aliphatic carbocycles. The summed E-state index contributed by atoms with van der Waals surface area (Å²) < 4.78 is 5.67. The Kier molecular flexibility index (Phi) is 4.95. The van der Waals surface area contributed by atoms with E-state index < -0.39 is 0 Å². The summed E-state index contributed by atoms with van der Waals surface area (Å²) in [5.41, 5.74) is 1.07. The van der Waals surface area contributed by atoms with Gasteiger partial charge in [0.05, 0.1) is 6.04 Å². The zero-order chi connectivity index (χ0) is 15.2. The first kappa shape index (κ1) is 15.1. The van der Waals surface area contributed by atoms with Crippen molar-refractivity contribution in [2.45, 2.75) is 19.4 Å². The predicted octanol–water partition coefficient (Wildman–Crippen LogP) is 2.90. The van der Waals surface area contributed by atoms with Gasteiger partial charge in [0, 0.05) is 0 Å². The largest absolute Gasteiger partial charge is 0.508 e. The van der Waals surface area contributed by atoms with E-state index in [2.05, 4.69) is 5.32 Å². The molecule has 0 saturated carbocycles. The highest BCUT2D eigenvalue weighted by molar-refractivity contribution is 5.81. The van der Waals surface area contributed by atoms with Crippen LogP contribution >= 0.6 is 0 Å². The van der Waals surface area contributed by atoms with E-state index in [1.54, 1.807) is 38.2 Å². The molecule has 0 aliphatic rings. The quantitative estimate of drug-likeness (QED) is 0.857. The molecule has 21 heavy (non-hydrogen) atoms. The van der Waals surface area contributed by atoms with Crippen LogP contribution in [0.3, 0.4) is 0 Å². The van der Waals surface area contributed by atoms with Crippen molar-refractivity contribution in [2.75, 3.05) is 7.05 Å². The number of benzene rings is 2. The van der Waals surface area contributed by atoms with Crippen LogP contribution in [0.5, 0.6) is 17.2 Å². The Labute approximate surface area is 124 Å². The summed E-state index contributed by atoms with van der Waals surface area (Å²) in [6, 6.07) is 14.0. The van der Waals surface area contributed by atoms with Crippen LogP contribution in [0.4, 0.5) is 0 Å². The number of carbonyl (C=O) groups is 1. The van der Waals surface area contributed by atoms with Gasteiger partial charge < -0.3 is 15.2 Å². The molecule has 4 nitrogen and oxygen atoms in total. The average molecular weight is 285 g/mol. The molecule has 0 bridgehead atoms. The molecule has 0 saturated heterocycles. The van der Waals surface area contributed by atoms with Gasteiger partial charge >= 0.3 is 0 Å². The molecule has 0 radical (unpaired) electrons. The van der Waals surface area contributed by atoms with Gasteiger partial charge in [-0.3, -0.25) is 4.79 Å². The molecule has 2 aromatic carbocycles. The van der Waals surface area contributed by atoms with Crippen molar-refractivity contribution >= 4 is 5.78 Å². The lowest BCUT2D eigenvalue weighted by atomic mass is 10.0. The van der Waals surface area contributed by atoms with Gasteiger partial charge in [-0.2, -0.15) is 0 Å². The van der Waals surface area contributed by atoms with Crippen molar-refractivity contribution in [1.82, 2.24) is 5.32 Å². The summed E-state index contributed by atoms with van der Waals surface area (Å²) in [6.07, 6.45) is 0.658. The maximum Gasteiger partial charge on any atom is 0.147 e. The third kappa shape index (κ3) is 4.33. The lowest BCUT2D eigenvalue weighted by Gasteiger charge is -2.13. The summed E-state index contributed by atoms with van der Waals surface area (Å²) in [4.78, 5) is 11.4. The van der Waals surface area contributed by atoms with E-state index in [0.717, 1.165) is 5.56 Å². The molecule has 1 atom stereocenters. The molecule has 1 unspecified atom stereocenters. The fraction of sp³-hybridized carbons (Fsp3) is 0.235. The zero-order valence-electron chi connectivity index (χ0n) is 12.2. The minimum absolute atomic E-state index is 0.127. The number of likely N-dealkylation sites (N-methyl/N-ethyl adjacent to an activating group) is 1. The van der Waals surface area contributed by atoms with Crippen LogP contribution < -0.4 is 10.1 Å². The third-order valence-electron chi connectivity index (χ3n) is 3.27. The standard InChI is InChI=1S/C17H19NO3/c1-12(19)17(18-2)11-13-3-7-15(8-4-13)21-16-9-5-14(20)6-10-16/h3-10,17-18,20H,11H2,1-2H3. The summed E-state index contributed by atoms with van der Waals surface area (Å²) >= 11 is 0. The fourth-order valence-electron chi connectivity index (χ4n) is 2.03. The van der Waals surface area contributed by atoms with Crippen LogP contribution in [0.25, 0.3) is 0 Å². The molecule has 2 rings (SSSR count). The number of nitrogens with one attached hydrogen (secondary N) is 1. The maximum absolute atomic E-state index is 11.4. The van der Waals surface area contributed by atoms with Crippen LogP contribution in [0.15, 0.2) is 48.5 Å². The zero-order valence-corrected chi connectivity index (χ0v) is 12.2. The summed E-state index contributed by atoms with van der Waals surface area (Å²) in [7, 11) is 1.79. The predicted molar refractivity (Wildman–Crippen MR) is 81.9 cm³/mol. The topological polar surface area (TPSA) is 58.6 Å². The monoisotopic (exact) mass is 285 g/mol. The van der Waals surface area contributed by atoms with Gasteiger partial charge in [0.1, 0.15) is 23.0 Å². The number of phenols is 1. The number of aromatic hydroxyl groups is 1. The van der Waals surface area contributed by atoms with Gasteiger partial charge in [0.2, 0.25) is 0 Å². The number of rotatable bonds is 6. The Hall–Kier alpha value is -2.33. The highest BCUT2D eigenvalue weighted by Crippen LogP contribution is 2.23. The van der Waals surface area contributed by atoms with Crippen molar-refractivity contribution in [2.24, 2.45) is 0 Å². The van der Waals surface area contributed by atoms with Crippen molar-refractivity contribution in [1.29, 1.82) is 0 Å². The molecule has 0 spiro atoms. The first-order valence-corrected chi connectivity index (χ1v) is 6.82. The molecule has 2 aromatic rings. The first-order chi connectivity index (χ1) is 10.1. The second kappa shape index (κ2) is 6.90. The number of ketones is 1. The van der Waals surface area contributed by atoms with Crippen molar-refractivity contribution in [3.05, 3.63) is 54.1 Å². The number of phenolic OH excluding ortho intramolecular Hbond substituents is 1. The van der Waals surface area contributed by atoms with E-state index >= 15 is 0 Å². The normalized spacial score (nSPS) is 11.9. The van der Waals surface area contributed by atoms with E-state index in [0.29, 0.717) is 17.9 Å². The number of hydrogen-bond acceptors (Lipinski definition) is 4. The molecule has 0 fully saturated rings. The molecule has 4 heteroatoms. The van der Waals surface area contributed by atoms with Crippen LogP contribution in [0.2, 0.25) is 0 Å². The molecule has 0 amide bonds. The van der Waals surface area contributed by atoms with E-state index in [9.17, 15) is 9.90 Å². The number of hydrogen-bond donors (Lipinski definition) is 2. The second-order valence-corrected chi connectivity index (χ2v) is 4.90. The Morgan fingerprint density at radius 2 is 1.62 bits per heavy atom. The fourth-order valence-corrected chi connectivity index (χ4v) is 2.03.